The fourth-order valence-electron chi connectivity index (χ4n) is 2.92. The van der Waals surface area contributed by atoms with Gasteiger partial charge in [0.1, 0.15) is 0 Å². The maximum absolute atomic E-state index is 11.0. The Bertz CT molecular complexity index is 211. The van der Waals surface area contributed by atoms with Crippen molar-refractivity contribution in [1.82, 2.24) is 0 Å². The van der Waals surface area contributed by atoms with Crippen LogP contribution in [0, 0.1) is 16.7 Å². The van der Waals surface area contributed by atoms with Crippen molar-refractivity contribution >= 4 is 0 Å². The fourth-order valence-corrected chi connectivity index (χ4v) is 2.92. The van der Waals surface area contributed by atoms with E-state index in [1.54, 1.807) is 0 Å². The van der Waals surface area contributed by atoms with Crippen molar-refractivity contribution in [2.75, 3.05) is 0 Å². The number of hydrogen-bond donors (Lipinski definition) is 1. The van der Waals surface area contributed by atoms with Gasteiger partial charge in [-0.2, -0.15) is 0 Å². The second-order valence-corrected chi connectivity index (χ2v) is 6.58. The van der Waals surface area contributed by atoms with Crippen molar-refractivity contribution in [3.05, 3.63) is 12.2 Å². The van der Waals surface area contributed by atoms with Gasteiger partial charge in [-0.3, -0.25) is 0 Å². The van der Waals surface area contributed by atoms with E-state index in [4.69, 9.17) is 0 Å². The molecule has 0 aliphatic heterocycles. The summed E-state index contributed by atoms with van der Waals surface area (Å²) in [5.74, 6) is 0.155. The zero-order valence-electron chi connectivity index (χ0n) is 11.7. The third-order valence-electron chi connectivity index (χ3n) is 3.43. The molecule has 0 saturated carbocycles. The molecule has 1 atom stereocenters. The molecule has 0 radical (unpaired) electrons. The van der Waals surface area contributed by atoms with Crippen LogP contribution in [0.3, 0.4) is 0 Å². The summed E-state index contributed by atoms with van der Waals surface area (Å²) < 4.78 is 0. The van der Waals surface area contributed by atoms with Crippen LogP contribution in [-0.2, 0) is 0 Å². The molecule has 0 bridgehead atoms. The molecule has 1 N–H and O–H groups in total. The van der Waals surface area contributed by atoms with Crippen LogP contribution in [-0.4, -0.2) is 10.7 Å². The minimum Gasteiger partial charge on any atom is -0.388 e. The molecule has 90 valence electrons. The first-order valence-electron chi connectivity index (χ1n) is 5.83. The Labute approximate surface area is 95.6 Å². The van der Waals surface area contributed by atoms with E-state index in [-0.39, 0.29) is 16.7 Å². The van der Waals surface area contributed by atoms with Gasteiger partial charge < -0.3 is 5.11 Å². The second kappa shape index (κ2) is 4.29. The Balaban J connectivity index is 5.42. The van der Waals surface area contributed by atoms with Gasteiger partial charge in [-0.1, -0.05) is 60.6 Å². The molecular weight excluding hydrogens is 184 g/mol. The lowest BCUT2D eigenvalue weighted by Gasteiger charge is -2.52. The largest absolute Gasteiger partial charge is 0.388 e. The summed E-state index contributed by atoms with van der Waals surface area (Å²) in [4.78, 5) is 0. The second-order valence-electron chi connectivity index (χ2n) is 6.58. The zero-order chi connectivity index (χ0) is 12.5. The molecule has 0 saturated heterocycles. The van der Waals surface area contributed by atoms with Crippen LogP contribution in [0.2, 0.25) is 0 Å². The van der Waals surface area contributed by atoms with E-state index >= 15 is 0 Å². The third-order valence-corrected chi connectivity index (χ3v) is 3.43. The molecule has 15 heavy (non-hydrogen) atoms. The molecule has 0 aromatic carbocycles. The van der Waals surface area contributed by atoms with Gasteiger partial charge in [0.25, 0.3) is 0 Å². The normalized spacial score (nSPS) is 17.1. The lowest BCUT2D eigenvalue weighted by molar-refractivity contribution is -0.161. The van der Waals surface area contributed by atoms with E-state index in [2.05, 4.69) is 54.5 Å². The molecule has 0 rings (SSSR count). The topological polar surface area (TPSA) is 20.2 Å². The maximum atomic E-state index is 11.0. The lowest BCUT2D eigenvalue weighted by atomic mass is 9.57. The summed E-state index contributed by atoms with van der Waals surface area (Å²) >= 11 is 0. The lowest BCUT2D eigenvalue weighted by Crippen LogP contribution is -2.57. The molecule has 1 nitrogen and oxygen atoms in total. The summed E-state index contributed by atoms with van der Waals surface area (Å²) in [6.07, 6.45) is 4.11. The van der Waals surface area contributed by atoms with E-state index in [1.165, 1.54) is 0 Å². The summed E-state index contributed by atoms with van der Waals surface area (Å²) in [5.41, 5.74) is -0.971. The Morgan fingerprint density at radius 2 is 1.27 bits per heavy atom. The molecule has 0 spiro atoms. The summed E-state index contributed by atoms with van der Waals surface area (Å²) in [6, 6.07) is 0. The van der Waals surface area contributed by atoms with Gasteiger partial charge in [0.15, 0.2) is 0 Å². The maximum Gasteiger partial charge on any atom is 0.0803 e. The van der Waals surface area contributed by atoms with E-state index in [9.17, 15) is 5.11 Å². The van der Waals surface area contributed by atoms with Crippen LogP contribution in [0.1, 0.15) is 55.4 Å². The summed E-state index contributed by atoms with van der Waals surface area (Å²) in [6.45, 7) is 16.8. The first-order valence-corrected chi connectivity index (χ1v) is 5.83. The van der Waals surface area contributed by atoms with Crippen molar-refractivity contribution < 1.29 is 5.11 Å². The van der Waals surface area contributed by atoms with Crippen LogP contribution in [0.25, 0.3) is 0 Å². The molecule has 1 unspecified atom stereocenters. The highest BCUT2D eigenvalue weighted by atomic mass is 16.3. The van der Waals surface area contributed by atoms with Crippen molar-refractivity contribution in [2.45, 2.75) is 61.0 Å². The quantitative estimate of drug-likeness (QED) is 0.685. The molecule has 1 heteroatoms. The number of allylic oxidation sites excluding steroid dienone is 1. The number of rotatable bonds is 2. The molecular formula is C14H28O. The van der Waals surface area contributed by atoms with Crippen molar-refractivity contribution in [1.29, 1.82) is 0 Å². The summed E-state index contributed by atoms with van der Waals surface area (Å²) in [5, 5.41) is 11.0. The third kappa shape index (κ3) is 2.63. The van der Waals surface area contributed by atoms with Gasteiger partial charge in [0, 0.05) is 5.92 Å². The summed E-state index contributed by atoms with van der Waals surface area (Å²) in [7, 11) is 0. The SMILES string of the molecule is CC=CC(C)C(O)(C(C)(C)C)C(C)(C)C. The standard InChI is InChI=1S/C14H28O/c1-9-10-11(2)14(15,12(3,4)5)13(6,7)8/h9-11,15H,1-8H3. The first kappa shape index (κ1) is 14.7. The average Bonchev–Trinajstić information content (AvgIpc) is 1.99. The molecule has 0 aliphatic carbocycles. The predicted molar refractivity (Wildman–Crippen MR) is 67.8 cm³/mol. The zero-order valence-corrected chi connectivity index (χ0v) is 11.7. The van der Waals surface area contributed by atoms with E-state index in [0.29, 0.717) is 0 Å². The molecule has 0 aromatic rings. The molecule has 0 aliphatic rings. The van der Waals surface area contributed by atoms with Crippen LogP contribution in [0.4, 0.5) is 0 Å². The monoisotopic (exact) mass is 212 g/mol. The smallest absolute Gasteiger partial charge is 0.0803 e. The van der Waals surface area contributed by atoms with E-state index in [1.807, 2.05) is 13.0 Å². The predicted octanol–water partition coefficient (Wildman–Crippen LogP) is 4.02. The van der Waals surface area contributed by atoms with Crippen molar-refractivity contribution in [3.63, 3.8) is 0 Å². The van der Waals surface area contributed by atoms with Gasteiger partial charge in [-0.25, -0.2) is 0 Å². The van der Waals surface area contributed by atoms with Crippen LogP contribution < -0.4 is 0 Å². The molecule has 0 aromatic heterocycles. The minimum atomic E-state index is -0.702. The van der Waals surface area contributed by atoms with Crippen molar-refractivity contribution in [3.8, 4) is 0 Å². The van der Waals surface area contributed by atoms with Gasteiger partial charge in [-0.05, 0) is 17.8 Å². The van der Waals surface area contributed by atoms with Gasteiger partial charge in [0.05, 0.1) is 5.60 Å². The highest BCUT2D eigenvalue weighted by Gasteiger charge is 2.51. The highest BCUT2D eigenvalue weighted by molar-refractivity contribution is 5.08. The van der Waals surface area contributed by atoms with Crippen molar-refractivity contribution in [2.24, 2.45) is 16.7 Å². The van der Waals surface area contributed by atoms with E-state index in [0.717, 1.165) is 0 Å². The molecule has 0 heterocycles. The molecule has 0 fully saturated rings. The fraction of sp³-hybridized carbons (Fsp3) is 0.857. The number of hydrogen-bond acceptors (Lipinski definition) is 1. The van der Waals surface area contributed by atoms with Crippen LogP contribution in [0.15, 0.2) is 12.2 Å². The Morgan fingerprint density at radius 3 is 1.47 bits per heavy atom. The Kier molecular flexibility index (Phi) is 4.20. The highest BCUT2D eigenvalue weighted by Crippen LogP contribution is 2.48. The van der Waals surface area contributed by atoms with Crippen LogP contribution >= 0.6 is 0 Å². The van der Waals surface area contributed by atoms with E-state index < -0.39 is 5.60 Å². The van der Waals surface area contributed by atoms with Crippen LogP contribution in [0.5, 0.6) is 0 Å². The Morgan fingerprint density at radius 1 is 0.933 bits per heavy atom. The average molecular weight is 212 g/mol. The van der Waals surface area contributed by atoms with Gasteiger partial charge in [-0.15, -0.1) is 0 Å². The minimum absolute atomic E-state index is 0.135. The first-order chi connectivity index (χ1) is 6.48. The van der Waals surface area contributed by atoms with Gasteiger partial charge in [0.2, 0.25) is 0 Å². The Hall–Kier alpha value is -0.300. The van der Waals surface area contributed by atoms with Gasteiger partial charge >= 0.3 is 0 Å². The number of aliphatic hydroxyl groups is 1. The molecule has 0 amide bonds.